The van der Waals surface area contributed by atoms with Crippen LogP contribution in [-0.2, 0) is 16.5 Å². The van der Waals surface area contributed by atoms with Crippen LogP contribution in [0.15, 0.2) is 47.4 Å². The van der Waals surface area contributed by atoms with Crippen molar-refractivity contribution in [3.05, 3.63) is 48.0 Å². The zero-order valence-electron chi connectivity index (χ0n) is 18.8. The van der Waals surface area contributed by atoms with Crippen LogP contribution >= 0.6 is 0 Å². The monoisotopic (exact) mass is 456 g/mol. The van der Waals surface area contributed by atoms with E-state index in [9.17, 15) is 18.1 Å². The van der Waals surface area contributed by atoms with E-state index in [0.29, 0.717) is 5.75 Å². The van der Waals surface area contributed by atoms with Gasteiger partial charge >= 0.3 is 29.6 Å². The van der Waals surface area contributed by atoms with E-state index in [-0.39, 0.29) is 46.0 Å². The summed E-state index contributed by atoms with van der Waals surface area (Å²) in [6, 6.07) is 10.5. The van der Waals surface area contributed by atoms with Gasteiger partial charge in [-0.1, -0.05) is 89.0 Å². The first kappa shape index (κ1) is 28.0. The summed E-state index contributed by atoms with van der Waals surface area (Å²) >= 11 is 0. The number of ether oxygens (including phenoxy) is 1. The molecule has 0 saturated carbocycles. The fourth-order valence-electron chi connectivity index (χ4n) is 3.51. The predicted molar refractivity (Wildman–Crippen MR) is 118 cm³/mol. The number of unbranched alkanes of at least 4 members (excludes halogenated alkanes) is 9. The summed E-state index contributed by atoms with van der Waals surface area (Å²) < 4.78 is 38.3. The van der Waals surface area contributed by atoms with Gasteiger partial charge in [0.2, 0.25) is 0 Å². The zero-order chi connectivity index (χ0) is 21.8. The Labute approximate surface area is 209 Å². The van der Waals surface area contributed by atoms with E-state index in [1.165, 1.54) is 81.7 Å². The van der Waals surface area contributed by atoms with Gasteiger partial charge in [-0.15, -0.1) is 5.75 Å². The van der Waals surface area contributed by atoms with E-state index >= 15 is 0 Å². The fraction of sp³-hybridized carbons (Fsp3) is 0.500. The normalized spacial score (nSPS) is 11.2. The van der Waals surface area contributed by atoms with Gasteiger partial charge in [0.25, 0.3) is 10.1 Å². The van der Waals surface area contributed by atoms with Gasteiger partial charge in [0.05, 0.1) is 0 Å². The molecule has 0 heterocycles. The largest absolute Gasteiger partial charge is 1.00 e. The third-order valence-corrected chi connectivity index (χ3v) is 6.08. The Morgan fingerprint density at radius 1 is 0.839 bits per heavy atom. The number of benzene rings is 2. The smallest absolute Gasteiger partial charge is 0.872 e. The molecular weight excluding hydrogens is 423 g/mol. The van der Waals surface area contributed by atoms with Crippen LogP contribution in [0.4, 0.5) is 0 Å². The van der Waals surface area contributed by atoms with Crippen molar-refractivity contribution in [3.8, 4) is 17.2 Å². The number of hydrogen-bond donors (Lipinski definition) is 1. The Morgan fingerprint density at radius 2 is 1.42 bits per heavy atom. The van der Waals surface area contributed by atoms with Crippen molar-refractivity contribution in [2.45, 2.75) is 82.4 Å². The Kier molecular flexibility index (Phi) is 13.5. The molecule has 0 spiro atoms. The van der Waals surface area contributed by atoms with Crippen LogP contribution in [-0.4, -0.2) is 13.0 Å². The van der Waals surface area contributed by atoms with Gasteiger partial charge in [-0.25, -0.2) is 0 Å². The molecule has 31 heavy (non-hydrogen) atoms. The van der Waals surface area contributed by atoms with Gasteiger partial charge < -0.3 is 9.84 Å². The third-order valence-electron chi connectivity index (χ3n) is 5.19. The first-order valence-corrected chi connectivity index (χ1v) is 12.4. The van der Waals surface area contributed by atoms with E-state index in [1.807, 2.05) is 0 Å². The number of hydrogen-bond acceptors (Lipinski definition) is 4. The molecule has 0 amide bonds. The van der Waals surface area contributed by atoms with Crippen molar-refractivity contribution in [1.82, 2.24) is 0 Å². The van der Waals surface area contributed by atoms with Crippen molar-refractivity contribution < 1.29 is 52.4 Å². The van der Waals surface area contributed by atoms with Crippen LogP contribution in [0.5, 0.6) is 17.2 Å². The van der Waals surface area contributed by atoms with E-state index in [2.05, 4.69) is 6.92 Å². The summed E-state index contributed by atoms with van der Waals surface area (Å²) in [5.74, 6) is 0.144. The van der Waals surface area contributed by atoms with Crippen LogP contribution < -0.4 is 39.4 Å². The standard InChI is InChI=1S/C24H34O5S.Na/c1-2-3-4-5-6-7-8-9-10-11-14-20-17-18-21(25)19-23(20)29-22-15-12-13-16-24(22)30(26,27)28;/h12-13,15-19,25H,2-11,14H2,1H3,(H,26,27,28);/q;+1/p-1. The van der Waals surface area contributed by atoms with E-state index in [1.54, 1.807) is 12.1 Å². The Morgan fingerprint density at radius 3 is 2.03 bits per heavy atom. The molecule has 0 atom stereocenters. The average molecular weight is 457 g/mol. The van der Waals surface area contributed by atoms with E-state index < -0.39 is 10.1 Å². The maximum atomic E-state index is 11.8. The van der Waals surface area contributed by atoms with Gasteiger partial charge in [0, 0.05) is 0 Å². The molecule has 1 N–H and O–H groups in total. The molecule has 2 aromatic carbocycles. The van der Waals surface area contributed by atoms with Crippen LogP contribution in [0.2, 0.25) is 0 Å². The topological polar surface area (TPSA) is 86.7 Å². The molecule has 7 heteroatoms. The van der Waals surface area contributed by atoms with E-state index in [0.717, 1.165) is 24.8 Å². The molecule has 0 saturated heterocycles. The van der Waals surface area contributed by atoms with Crippen molar-refractivity contribution in [1.29, 1.82) is 0 Å². The van der Waals surface area contributed by atoms with Crippen LogP contribution in [0.25, 0.3) is 0 Å². The first-order chi connectivity index (χ1) is 14.4. The van der Waals surface area contributed by atoms with Crippen molar-refractivity contribution >= 4 is 10.1 Å². The van der Waals surface area contributed by atoms with Crippen molar-refractivity contribution in [2.24, 2.45) is 0 Å². The maximum absolute atomic E-state index is 11.8. The molecule has 2 rings (SSSR count). The summed E-state index contributed by atoms with van der Waals surface area (Å²) in [7, 11) is -4.42. The number of para-hydroxylation sites is 1. The maximum Gasteiger partial charge on any atom is 1.00 e. The van der Waals surface area contributed by atoms with Gasteiger partial charge in [0.15, 0.2) is 0 Å². The second kappa shape index (κ2) is 14.9. The number of aryl methyl sites for hydroxylation is 1. The van der Waals surface area contributed by atoms with Crippen molar-refractivity contribution in [2.75, 3.05) is 0 Å². The molecule has 0 aliphatic carbocycles. The average Bonchev–Trinajstić information content (AvgIpc) is 2.70. The van der Waals surface area contributed by atoms with Gasteiger partial charge in [-0.2, -0.15) is 8.42 Å². The molecule has 0 aliphatic heterocycles. The minimum absolute atomic E-state index is 0. The Bertz CT molecular complexity index is 883. The SMILES string of the molecule is CCCCCCCCCCCCc1ccc([O-])cc1Oc1ccccc1S(=O)(=O)O.[Na+]. The quantitative estimate of drug-likeness (QED) is 0.268. The van der Waals surface area contributed by atoms with Crippen LogP contribution in [0.1, 0.15) is 76.7 Å². The van der Waals surface area contributed by atoms with Gasteiger partial charge in [-0.05, 0) is 36.6 Å². The summed E-state index contributed by atoms with van der Waals surface area (Å²) in [5, 5.41) is 11.8. The summed E-state index contributed by atoms with van der Waals surface area (Å²) in [5.41, 5.74) is 0.860. The minimum atomic E-state index is -4.42. The second-order valence-corrected chi connectivity index (χ2v) is 9.12. The molecular formula is C24H33NaO5S. The molecule has 0 bridgehead atoms. The van der Waals surface area contributed by atoms with Crippen molar-refractivity contribution in [3.63, 3.8) is 0 Å². The zero-order valence-corrected chi connectivity index (χ0v) is 21.6. The molecule has 0 fully saturated rings. The molecule has 0 unspecified atom stereocenters. The fourth-order valence-corrected chi connectivity index (χ4v) is 4.12. The minimum Gasteiger partial charge on any atom is -0.872 e. The molecule has 2 aromatic rings. The van der Waals surface area contributed by atoms with Gasteiger partial charge in [-0.3, -0.25) is 4.55 Å². The van der Waals surface area contributed by atoms with Crippen LogP contribution in [0, 0.1) is 0 Å². The van der Waals surface area contributed by atoms with Gasteiger partial charge in [0.1, 0.15) is 16.4 Å². The summed E-state index contributed by atoms with van der Waals surface area (Å²) in [6.45, 7) is 2.23. The molecule has 0 aliphatic rings. The second-order valence-electron chi connectivity index (χ2n) is 7.73. The predicted octanol–water partition coefficient (Wildman–Crippen LogP) is 3.27. The number of rotatable bonds is 14. The first-order valence-electron chi connectivity index (χ1n) is 11.0. The summed E-state index contributed by atoms with van der Waals surface area (Å²) in [6.07, 6.45) is 13.2. The molecule has 5 nitrogen and oxygen atoms in total. The third kappa shape index (κ3) is 10.4. The van der Waals surface area contributed by atoms with E-state index in [4.69, 9.17) is 4.74 Å². The molecule has 166 valence electrons. The van der Waals surface area contributed by atoms with Crippen LogP contribution in [0.3, 0.4) is 0 Å². The molecule has 0 aromatic heterocycles. The molecule has 0 radical (unpaired) electrons. The Balaban J connectivity index is 0.00000480. The summed E-state index contributed by atoms with van der Waals surface area (Å²) in [4.78, 5) is -0.314. The Hall–Kier alpha value is -1.05.